The average Bonchev–Trinajstić information content (AvgIpc) is 3.08. The van der Waals surface area contributed by atoms with Crippen molar-refractivity contribution in [2.24, 2.45) is 0 Å². The number of aromatic nitrogens is 3. The first-order valence-corrected chi connectivity index (χ1v) is 6.46. The molecule has 0 saturated heterocycles. The summed E-state index contributed by atoms with van der Waals surface area (Å²) in [4.78, 5) is 4.33. The minimum atomic E-state index is -0.103. The summed E-state index contributed by atoms with van der Waals surface area (Å²) in [6.45, 7) is 0.0322. The Kier molecular flexibility index (Phi) is 3.88. The van der Waals surface area contributed by atoms with Crippen LogP contribution in [0.2, 0.25) is 0 Å². The minimum absolute atomic E-state index is 0.103. The van der Waals surface area contributed by atoms with Crippen molar-refractivity contribution in [3.8, 4) is 28.7 Å². The molecule has 0 aliphatic rings. The minimum Gasteiger partial charge on any atom is -0.474 e. The standard InChI is InChI=1S/C15H13N3O3/c19-8-10-21-15-13(11-5-2-1-3-6-11)17-18-14(16-15)12-7-4-9-20-12/h1-7,9,19H,8,10H2. The number of ether oxygens (including phenoxy) is 1. The number of hydrogen-bond donors (Lipinski definition) is 1. The monoisotopic (exact) mass is 283 g/mol. The number of aliphatic hydroxyl groups is 1. The highest BCUT2D eigenvalue weighted by atomic mass is 16.5. The third kappa shape index (κ3) is 2.90. The maximum Gasteiger partial charge on any atom is 0.244 e. The molecule has 6 heteroatoms. The van der Waals surface area contributed by atoms with Gasteiger partial charge in [0.25, 0.3) is 0 Å². The van der Waals surface area contributed by atoms with Crippen LogP contribution in [0.5, 0.6) is 5.88 Å². The molecule has 1 aromatic carbocycles. The first-order valence-electron chi connectivity index (χ1n) is 6.46. The van der Waals surface area contributed by atoms with E-state index in [4.69, 9.17) is 14.3 Å². The van der Waals surface area contributed by atoms with Gasteiger partial charge in [-0.05, 0) is 12.1 Å². The van der Waals surface area contributed by atoms with Crippen LogP contribution in [0, 0.1) is 0 Å². The molecule has 0 spiro atoms. The lowest BCUT2D eigenvalue weighted by molar-refractivity contribution is 0.196. The van der Waals surface area contributed by atoms with Gasteiger partial charge in [-0.1, -0.05) is 30.3 Å². The van der Waals surface area contributed by atoms with Crippen LogP contribution in [0.15, 0.2) is 53.1 Å². The lowest BCUT2D eigenvalue weighted by Crippen LogP contribution is -2.07. The summed E-state index contributed by atoms with van der Waals surface area (Å²) >= 11 is 0. The average molecular weight is 283 g/mol. The van der Waals surface area contributed by atoms with Crippen molar-refractivity contribution in [1.29, 1.82) is 0 Å². The van der Waals surface area contributed by atoms with Crippen molar-refractivity contribution in [2.75, 3.05) is 13.2 Å². The molecule has 6 nitrogen and oxygen atoms in total. The van der Waals surface area contributed by atoms with Gasteiger partial charge in [0, 0.05) is 5.56 Å². The van der Waals surface area contributed by atoms with Gasteiger partial charge < -0.3 is 14.3 Å². The molecule has 0 radical (unpaired) electrons. The summed E-state index contributed by atoms with van der Waals surface area (Å²) in [5, 5.41) is 17.2. The molecular formula is C15H13N3O3. The van der Waals surface area contributed by atoms with E-state index in [1.807, 2.05) is 30.3 Å². The van der Waals surface area contributed by atoms with Crippen molar-refractivity contribution in [3.05, 3.63) is 48.7 Å². The van der Waals surface area contributed by atoms with Crippen molar-refractivity contribution in [2.45, 2.75) is 0 Å². The van der Waals surface area contributed by atoms with E-state index < -0.39 is 0 Å². The number of furan rings is 1. The lowest BCUT2D eigenvalue weighted by Gasteiger charge is -2.09. The summed E-state index contributed by atoms with van der Waals surface area (Å²) in [5.41, 5.74) is 1.37. The number of rotatable bonds is 5. The largest absolute Gasteiger partial charge is 0.474 e. The molecular weight excluding hydrogens is 270 g/mol. The van der Waals surface area contributed by atoms with Gasteiger partial charge >= 0.3 is 0 Å². The van der Waals surface area contributed by atoms with Crippen LogP contribution in [0.1, 0.15) is 0 Å². The van der Waals surface area contributed by atoms with Crippen LogP contribution >= 0.6 is 0 Å². The van der Waals surface area contributed by atoms with Gasteiger partial charge in [-0.3, -0.25) is 0 Å². The van der Waals surface area contributed by atoms with Gasteiger partial charge in [-0.15, -0.1) is 10.2 Å². The van der Waals surface area contributed by atoms with E-state index >= 15 is 0 Å². The van der Waals surface area contributed by atoms with E-state index in [0.29, 0.717) is 23.2 Å². The third-order valence-electron chi connectivity index (χ3n) is 2.77. The Morgan fingerprint density at radius 3 is 2.62 bits per heavy atom. The molecule has 1 N–H and O–H groups in total. The van der Waals surface area contributed by atoms with Crippen molar-refractivity contribution < 1.29 is 14.3 Å². The van der Waals surface area contributed by atoms with E-state index in [2.05, 4.69) is 15.2 Å². The fraction of sp³-hybridized carbons (Fsp3) is 0.133. The highest BCUT2D eigenvalue weighted by Gasteiger charge is 2.14. The second kappa shape index (κ2) is 6.15. The van der Waals surface area contributed by atoms with Gasteiger partial charge in [-0.2, -0.15) is 4.98 Å². The zero-order valence-electron chi connectivity index (χ0n) is 11.1. The zero-order valence-corrected chi connectivity index (χ0v) is 11.1. The maximum absolute atomic E-state index is 8.93. The smallest absolute Gasteiger partial charge is 0.244 e. The molecule has 0 saturated carbocycles. The molecule has 0 aliphatic carbocycles. The van der Waals surface area contributed by atoms with Crippen LogP contribution < -0.4 is 4.74 Å². The Hall–Kier alpha value is -2.73. The molecule has 21 heavy (non-hydrogen) atoms. The zero-order chi connectivity index (χ0) is 14.5. The molecule has 3 aromatic rings. The Morgan fingerprint density at radius 2 is 1.90 bits per heavy atom. The fourth-order valence-electron chi connectivity index (χ4n) is 1.84. The number of benzene rings is 1. The third-order valence-corrected chi connectivity index (χ3v) is 2.77. The van der Waals surface area contributed by atoms with Gasteiger partial charge in [-0.25, -0.2) is 0 Å². The second-order valence-electron chi connectivity index (χ2n) is 4.20. The Balaban J connectivity index is 2.03. The molecule has 2 aromatic heterocycles. The van der Waals surface area contributed by atoms with E-state index in [-0.39, 0.29) is 13.2 Å². The highest BCUT2D eigenvalue weighted by molar-refractivity contribution is 5.64. The van der Waals surface area contributed by atoms with Gasteiger partial charge in [0.2, 0.25) is 11.7 Å². The number of hydrogen-bond acceptors (Lipinski definition) is 6. The number of nitrogens with zero attached hydrogens (tertiary/aromatic N) is 3. The van der Waals surface area contributed by atoms with Crippen molar-refractivity contribution >= 4 is 0 Å². The summed E-state index contributed by atoms with van der Waals surface area (Å²) in [6, 6.07) is 13.0. The summed E-state index contributed by atoms with van der Waals surface area (Å²) in [7, 11) is 0. The van der Waals surface area contributed by atoms with Gasteiger partial charge in [0.15, 0.2) is 11.5 Å². The predicted molar refractivity (Wildman–Crippen MR) is 75.5 cm³/mol. The molecule has 2 heterocycles. The first-order chi connectivity index (χ1) is 10.4. The fourth-order valence-corrected chi connectivity index (χ4v) is 1.84. The predicted octanol–water partition coefficient (Wildman–Crippen LogP) is 2.17. The van der Waals surface area contributed by atoms with Crippen molar-refractivity contribution in [1.82, 2.24) is 15.2 Å². The quantitative estimate of drug-likeness (QED) is 0.772. The van der Waals surface area contributed by atoms with Crippen molar-refractivity contribution in [3.63, 3.8) is 0 Å². The van der Waals surface area contributed by atoms with E-state index in [9.17, 15) is 0 Å². The molecule has 3 rings (SSSR count). The molecule has 0 aliphatic heterocycles. The van der Waals surface area contributed by atoms with Crippen LogP contribution in [0.25, 0.3) is 22.8 Å². The molecule has 106 valence electrons. The summed E-state index contributed by atoms with van der Waals surface area (Å²) in [5.74, 6) is 1.17. The van der Waals surface area contributed by atoms with E-state index in [1.165, 1.54) is 6.26 Å². The summed E-state index contributed by atoms with van der Waals surface area (Å²) in [6.07, 6.45) is 1.54. The Bertz CT molecular complexity index is 699. The highest BCUT2D eigenvalue weighted by Crippen LogP contribution is 2.27. The molecule has 0 bridgehead atoms. The molecule has 0 atom stereocenters. The maximum atomic E-state index is 8.93. The van der Waals surface area contributed by atoms with E-state index in [0.717, 1.165) is 5.56 Å². The van der Waals surface area contributed by atoms with Crippen LogP contribution in [0.4, 0.5) is 0 Å². The van der Waals surface area contributed by atoms with Gasteiger partial charge in [0.05, 0.1) is 12.9 Å². The molecule has 0 unspecified atom stereocenters. The first kappa shape index (κ1) is 13.3. The van der Waals surface area contributed by atoms with Crippen LogP contribution in [0.3, 0.4) is 0 Å². The number of aliphatic hydroxyl groups excluding tert-OH is 1. The Morgan fingerprint density at radius 1 is 1.05 bits per heavy atom. The summed E-state index contributed by atoms with van der Waals surface area (Å²) < 4.78 is 10.7. The topological polar surface area (TPSA) is 81.3 Å². The second-order valence-corrected chi connectivity index (χ2v) is 4.20. The van der Waals surface area contributed by atoms with E-state index in [1.54, 1.807) is 12.1 Å². The normalized spacial score (nSPS) is 10.5. The lowest BCUT2D eigenvalue weighted by atomic mass is 10.1. The van der Waals surface area contributed by atoms with Crippen LogP contribution in [-0.4, -0.2) is 33.5 Å². The Labute approximate surface area is 121 Å². The van der Waals surface area contributed by atoms with Gasteiger partial charge in [0.1, 0.15) is 6.61 Å². The molecule has 0 amide bonds. The molecule has 0 fully saturated rings. The van der Waals surface area contributed by atoms with Crippen LogP contribution in [-0.2, 0) is 0 Å². The SMILES string of the molecule is OCCOc1nc(-c2ccco2)nnc1-c1ccccc1.